The monoisotopic (exact) mass is 192 g/mol. The fourth-order valence-corrected chi connectivity index (χ4v) is 1.60. The van der Waals surface area contributed by atoms with Crippen molar-refractivity contribution in [1.82, 2.24) is 0 Å². The van der Waals surface area contributed by atoms with Crippen LogP contribution < -0.4 is 10.6 Å². The molecule has 14 heavy (non-hydrogen) atoms. The summed E-state index contributed by atoms with van der Waals surface area (Å²) in [6.07, 6.45) is 0. The number of rotatable bonds is 0. The molecule has 0 aliphatic carbocycles. The van der Waals surface area contributed by atoms with Crippen LogP contribution in [-0.2, 0) is 0 Å². The predicted octanol–water partition coefficient (Wildman–Crippen LogP) is 2.26. The fourth-order valence-electron chi connectivity index (χ4n) is 1.60. The molecule has 0 atom stereocenters. The molecule has 0 unspecified atom stereocenters. The van der Waals surface area contributed by atoms with Gasteiger partial charge in [0.05, 0.1) is 5.69 Å². The molecule has 3 N–H and O–H groups in total. The Bertz CT molecular complexity index is 347. The molecule has 0 saturated carbocycles. The molecule has 1 aromatic carbocycles. The molecule has 1 aliphatic rings. The highest BCUT2D eigenvalue weighted by molar-refractivity contribution is 5.75. The van der Waals surface area contributed by atoms with Gasteiger partial charge in [0.1, 0.15) is 11.4 Å². The lowest BCUT2D eigenvalue weighted by Gasteiger charge is -2.21. The number of anilines is 2. The minimum absolute atomic E-state index is 0.200. The van der Waals surface area contributed by atoms with E-state index >= 15 is 0 Å². The number of aromatic hydroxyl groups is 1. The van der Waals surface area contributed by atoms with Gasteiger partial charge in [-0.15, -0.1) is 0 Å². The zero-order chi connectivity index (χ0) is 10.2. The van der Waals surface area contributed by atoms with E-state index in [1.165, 1.54) is 0 Å². The number of fused-ring (bicyclic) bond motifs is 1. The van der Waals surface area contributed by atoms with Gasteiger partial charge in [-0.3, -0.25) is 0 Å². The second-order valence-electron chi connectivity index (χ2n) is 4.57. The quantitative estimate of drug-likeness (QED) is 0.552. The van der Waals surface area contributed by atoms with E-state index in [9.17, 15) is 5.11 Å². The van der Waals surface area contributed by atoms with Crippen molar-refractivity contribution >= 4 is 11.4 Å². The summed E-state index contributed by atoms with van der Waals surface area (Å²) in [6, 6.07) is 5.52. The van der Waals surface area contributed by atoms with Crippen LogP contribution >= 0.6 is 0 Å². The molecular weight excluding hydrogens is 176 g/mol. The van der Waals surface area contributed by atoms with Crippen LogP contribution in [0.3, 0.4) is 0 Å². The highest BCUT2D eigenvalue weighted by Gasteiger charge is 2.22. The number of para-hydroxylation sites is 1. The molecule has 0 amide bonds. The Kier molecular flexibility index (Phi) is 2.02. The summed E-state index contributed by atoms with van der Waals surface area (Å²) in [6.45, 7) is 6.16. The first-order chi connectivity index (χ1) is 6.58. The van der Waals surface area contributed by atoms with Gasteiger partial charge in [0.2, 0.25) is 0 Å². The molecule has 0 saturated heterocycles. The standard InChI is InChI=1S/C11H16N2O/c1-11(2)6-12-8-4-3-5-9(14)10(8)13-7-11/h3-5,12-14H,6-7H2,1-2H3. The maximum atomic E-state index is 9.65. The van der Waals surface area contributed by atoms with Crippen molar-refractivity contribution in [2.45, 2.75) is 13.8 Å². The largest absolute Gasteiger partial charge is 0.506 e. The third-order valence-electron chi connectivity index (χ3n) is 2.54. The molecule has 0 bridgehead atoms. The maximum Gasteiger partial charge on any atom is 0.140 e. The summed E-state index contributed by atoms with van der Waals surface area (Å²) < 4.78 is 0. The molecule has 0 spiro atoms. The van der Waals surface area contributed by atoms with Crippen LogP contribution in [0.2, 0.25) is 0 Å². The van der Waals surface area contributed by atoms with Gasteiger partial charge in [-0.2, -0.15) is 0 Å². The zero-order valence-electron chi connectivity index (χ0n) is 8.59. The van der Waals surface area contributed by atoms with E-state index in [-0.39, 0.29) is 5.41 Å². The minimum atomic E-state index is 0.200. The Morgan fingerprint density at radius 3 is 2.71 bits per heavy atom. The summed E-state index contributed by atoms with van der Waals surface area (Å²) in [5, 5.41) is 16.3. The summed E-state index contributed by atoms with van der Waals surface area (Å²) in [7, 11) is 0. The molecule has 1 aromatic rings. The van der Waals surface area contributed by atoms with E-state index in [1.807, 2.05) is 12.1 Å². The third-order valence-corrected chi connectivity index (χ3v) is 2.54. The zero-order valence-corrected chi connectivity index (χ0v) is 8.59. The smallest absolute Gasteiger partial charge is 0.140 e. The Hall–Kier alpha value is -1.38. The lowest BCUT2D eigenvalue weighted by molar-refractivity contribution is 0.422. The van der Waals surface area contributed by atoms with Crippen molar-refractivity contribution < 1.29 is 5.11 Å². The third kappa shape index (κ3) is 1.62. The molecular formula is C11H16N2O. The van der Waals surface area contributed by atoms with Crippen molar-refractivity contribution in [3.63, 3.8) is 0 Å². The molecule has 3 heteroatoms. The first-order valence-corrected chi connectivity index (χ1v) is 4.88. The number of hydrogen-bond acceptors (Lipinski definition) is 3. The van der Waals surface area contributed by atoms with E-state index in [2.05, 4.69) is 24.5 Å². The van der Waals surface area contributed by atoms with Crippen molar-refractivity contribution in [2.24, 2.45) is 5.41 Å². The van der Waals surface area contributed by atoms with E-state index in [0.29, 0.717) is 5.75 Å². The maximum absolute atomic E-state index is 9.65. The first-order valence-electron chi connectivity index (χ1n) is 4.88. The summed E-state index contributed by atoms with van der Waals surface area (Å²) in [5.74, 6) is 0.313. The molecule has 0 fully saturated rings. The van der Waals surface area contributed by atoms with E-state index in [0.717, 1.165) is 24.5 Å². The van der Waals surface area contributed by atoms with Gasteiger partial charge in [-0.25, -0.2) is 0 Å². The minimum Gasteiger partial charge on any atom is -0.506 e. The van der Waals surface area contributed by atoms with E-state index in [4.69, 9.17) is 0 Å². The van der Waals surface area contributed by atoms with Crippen molar-refractivity contribution in [3.05, 3.63) is 18.2 Å². The van der Waals surface area contributed by atoms with Crippen LogP contribution in [0.4, 0.5) is 11.4 Å². The van der Waals surface area contributed by atoms with Crippen LogP contribution in [-0.4, -0.2) is 18.2 Å². The molecule has 2 rings (SSSR count). The average Bonchev–Trinajstić information content (AvgIpc) is 2.27. The number of phenolic OH excluding ortho intramolecular Hbond substituents is 1. The number of nitrogens with one attached hydrogen (secondary N) is 2. The lowest BCUT2D eigenvalue weighted by atomic mass is 9.94. The fraction of sp³-hybridized carbons (Fsp3) is 0.455. The molecule has 0 aromatic heterocycles. The van der Waals surface area contributed by atoms with Crippen LogP contribution in [0.1, 0.15) is 13.8 Å². The van der Waals surface area contributed by atoms with Crippen LogP contribution in [0.5, 0.6) is 5.75 Å². The predicted molar refractivity (Wildman–Crippen MR) is 58.9 cm³/mol. The Morgan fingerprint density at radius 2 is 1.93 bits per heavy atom. The van der Waals surface area contributed by atoms with Gasteiger partial charge in [0.15, 0.2) is 0 Å². The van der Waals surface area contributed by atoms with Crippen LogP contribution in [0.25, 0.3) is 0 Å². The topological polar surface area (TPSA) is 44.3 Å². The van der Waals surface area contributed by atoms with E-state index in [1.54, 1.807) is 6.07 Å². The van der Waals surface area contributed by atoms with Crippen LogP contribution in [0, 0.1) is 5.41 Å². The van der Waals surface area contributed by atoms with Gasteiger partial charge in [-0.05, 0) is 17.5 Å². The van der Waals surface area contributed by atoms with Crippen LogP contribution in [0.15, 0.2) is 18.2 Å². The Balaban J connectivity index is 2.34. The van der Waals surface area contributed by atoms with Gasteiger partial charge in [0.25, 0.3) is 0 Å². The van der Waals surface area contributed by atoms with Gasteiger partial charge < -0.3 is 15.7 Å². The molecule has 76 valence electrons. The van der Waals surface area contributed by atoms with Crippen molar-refractivity contribution in [3.8, 4) is 5.75 Å². The second-order valence-corrected chi connectivity index (χ2v) is 4.57. The summed E-state index contributed by atoms with van der Waals surface area (Å²) in [5.41, 5.74) is 2.00. The Morgan fingerprint density at radius 1 is 1.21 bits per heavy atom. The first kappa shape index (κ1) is 9.19. The van der Waals surface area contributed by atoms with Gasteiger partial charge in [-0.1, -0.05) is 19.9 Å². The SMILES string of the molecule is CC1(C)CNc2cccc(O)c2NC1. The lowest BCUT2D eigenvalue weighted by Crippen LogP contribution is -2.27. The molecule has 0 radical (unpaired) electrons. The normalized spacial score (nSPS) is 18.7. The molecule has 3 nitrogen and oxygen atoms in total. The van der Waals surface area contributed by atoms with Gasteiger partial charge in [0, 0.05) is 13.1 Å². The van der Waals surface area contributed by atoms with Crippen molar-refractivity contribution in [1.29, 1.82) is 0 Å². The highest BCUT2D eigenvalue weighted by Crippen LogP contribution is 2.35. The number of hydrogen-bond donors (Lipinski definition) is 3. The summed E-state index contributed by atoms with van der Waals surface area (Å²) in [4.78, 5) is 0. The molecule has 1 aliphatic heterocycles. The van der Waals surface area contributed by atoms with Gasteiger partial charge >= 0.3 is 0 Å². The summed E-state index contributed by atoms with van der Waals surface area (Å²) >= 11 is 0. The average molecular weight is 192 g/mol. The molecule has 1 heterocycles. The van der Waals surface area contributed by atoms with Crippen molar-refractivity contribution in [2.75, 3.05) is 23.7 Å². The van der Waals surface area contributed by atoms with E-state index < -0.39 is 0 Å². The number of phenols is 1. The highest BCUT2D eigenvalue weighted by atomic mass is 16.3. The Labute approximate surface area is 84.1 Å². The second kappa shape index (κ2) is 3.08. The number of benzene rings is 1.